The highest BCUT2D eigenvalue weighted by Crippen LogP contribution is 2.21. The maximum atomic E-state index is 13.9. The number of nitrogens with two attached hydrogens (primary N) is 1. The third kappa shape index (κ3) is 3.09. The Kier molecular flexibility index (Phi) is 4.12. The zero-order valence-corrected chi connectivity index (χ0v) is 10.7. The average Bonchev–Trinajstić information content (AvgIpc) is 2.41. The van der Waals surface area contributed by atoms with Crippen LogP contribution >= 0.6 is 0 Å². The Labute approximate surface area is 111 Å². The van der Waals surface area contributed by atoms with Crippen LogP contribution in [-0.4, -0.2) is 7.05 Å². The summed E-state index contributed by atoms with van der Waals surface area (Å²) in [6, 6.07) is 11.3. The lowest BCUT2D eigenvalue weighted by Gasteiger charge is -2.20. The van der Waals surface area contributed by atoms with E-state index in [2.05, 4.69) is 0 Å². The van der Waals surface area contributed by atoms with Crippen molar-refractivity contribution in [3.05, 3.63) is 65.2 Å². The van der Waals surface area contributed by atoms with Gasteiger partial charge in [-0.2, -0.15) is 0 Å². The van der Waals surface area contributed by atoms with Gasteiger partial charge in [-0.05, 0) is 23.8 Å². The SMILES string of the molecule is CN(Cc1ccccc1F)c1ccc(CN)cc1F. The lowest BCUT2D eigenvalue weighted by molar-refractivity contribution is 0.600. The van der Waals surface area contributed by atoms with Crippen molar-refractivity contribution >= 4 is 5.69 Å². The van der Waals surface area contributed by atoms with E-state index in [1.54, 1.807) is 42.3 Å². The Hall–Kier alpha value is -1.94. The summed E-state index contributed by atoms with van der Waals surface area (Å²) in [5.41, 5.74) is 7.16. The Bertz CT molecular complexity index is 570. The largest absolute Gasteiger partial charge is 0.368 e. The molecule has 100 valence electrons. The minimum Gasteiger partial charge on any atom is -0.368 e. The van der Waals surface area contributed by atoms with Gasteiger partial charge in [0.1, 0.15) is 11.6 Å². The van der Waals surface area contributed by atoms with Crippen molar-refractivity contribution in [2.24, 2.45) is 5.73 Å². The van der Waals surface area contributed by atoms with Gasteiger partial charge in [-0.25, -0.2) is 8.78 Å². The van der Waals surface area contributed by atoms with E-state index >= 15 is 0 Å². The Morgan fingerprint density at radius 1 is 1.05 bits per heavy atom. The fourth-order valence-corrected chi connectivity index (χ4v) is 1.95. The molecule has 2 N–H and O–H groups in total. The first kappa shape index (κ1) is 13.5. The molecule has 2 rings (SSSR count). The van der Waals surface area contributed by atoms with Crippen LogP contribution in [0, 0.1) is 11.6 Å². The van der Waals surface area contributed by atoms with Crippen LogP contribution in [0.25, 0.3) is 0 Å². The van der Waals surface area contributed by atoms with Gasteiger partial charge in [-0.3, -0.25) is 0 Å². The van der Waals surface area contributed by atoms with Gasteiger partial charge in [0.15, 0.2) is 0 Å². The molecule has 0 aliphatic carbocycles. The fraction of sp³-hybridized carbons (Fsp3) is 0.200. The van der Waals surface area contributed by atoms with Crippen LogP contribution in [-0.2, 0) is 13.1 Å². The first-order valence-electron chi connectivity index (χ1n) is 6.05. The second kappa shape index (κ2) is 5.80. The Morgan fingerprint density at radius 3 is 2.42 bits per heavy atom. The molecule has 0 aliphatic heterocycles. The van der Waals surface area contributed by atoms with Crippen LogP contribution < -0.4 is 10.6 Å². The molecule has 0 atom stereocenters. The Balaban J connectivity index is 2.21. The smallest absolute Gasteiger partial charge is 0.146 e. The van der Waals surface area contributed by atoms with Gasteiger partial charge in [0.25, 0.3) is 0 Å². The molecular weight excluding hydrogens is 246 g/mol. The van der Waals surface area contributed by atoms with E-state index in [-0.39, 0.29) is 11.6 Å². The number of hydrogen-bond acceptors (Lipinski definition) is 2. The molecule has 4 heteroatoms. The van der Waals surface area contributed by atoms with Crippen molar-refractivity contribution in [2.75, 3.05) is 11.9 Å². The van der Waals surface area contributed by atoms with Gasteiger partial charge in [-0.1, -0.05) is 24.3 Å². The van der Waals surface area contributed by atoms with Crippen LogP contribution in [0.2, 0.25) is 0 Å². The molecule has 0 bridgehead atoms. The maximum Gasteiger partial charge on any atom is 0.146 e. The predicted molar refractivity (Wildman–Crippen MR) is 72.8 cm³/mol. The predicted octanol–water partition coefficient (Wildman–Crippen LogP) is 3.06. The number of hydrogen-bond donors (Lipinski definition) is 1. The topological polar surface area (TPSA) is 29.3 Å². The molecule has 0 radical (unpaired) electrons. The summed E-state index contributed by atoms with van der Waals surface area (Å²) in [6.07, 6.45) is 0. The molecule has 0 aliphatic rings. The number of rotatable bonds is 4. The molecule has 0 saturated heterocycles. The highest BCUT2D eigenvalue weighted by molar-refractivity contribution is 5.49. The molecule has 19 heavy (non-hydrogen) atoms. The molecule has 0 spiro atoms. The third-order valence-corrected chi connectivity index (χ3v) is 3.02. The second-order valence-corrected chi connectivity index (χ2v) is 4.44. The molecule has 0 aromatic heterocycles. The van der Waals surface area contributed by atoms with E-state index in [4.69, 9.17) is 5.73 Å². The minimum absolute atomic E-state index is 0.284. The van der Waals surface area contributed by atoms with Crippen LogP contribution in [0.5, 0.6) is 0 Å². The van der Waals surface area contributed by atoms with Crippen LogP contribution in [0.3, 0.4) is 0 Å². The molecule has 0 saturated carbocycles. The van der Waals surface area contributed by atoms with Crippen molar-refractivity contribution in [2.45, 2.75) is 13.1 Å². The number of halogens is 2. The molecule has 0 heterocycles. The van der Waals surface area contributed by atoms with E-state index < -0.39 is 0 Å². The van der Waals surface area contributed by atoms with E-state index in [9.17, 15) is 8.78 Å². The lowest BCUT2D eigenvalue weighted by Crippen LogP contribution is -2.18. The number of nitrogens with zero attached hydrogens (tertiary/aromatic N) is 1. The van der Waals surface area contributed by atoms with E-state index in [1.807, 2.05) is 0 Å². The van der Waals surface area contributed by atoms with Crippen LogP contribution in [0.4, 0.5) is 14.5 Å². The zero-order valence-electron chi connectivity index (χ0n) is 10.7. The summed E-state index contributed by atoms with van der Waals surface area (Å²) < 4.78 is 27.4. The second-order valence-electron chi connectivity index (χ2n) is 4.44. The van der Waals surface area contributed by atoms with Crippen molar-refractivity contribution in [1.29, 1.82) is 0 Å². The molecule has 0 amide bonds. The van der Waals surface area contributed by atoms with Gasteiger partial charge in [0, 0.05) is 25.7 Å². The maximum absolute atomic E-state index is 13.9. The summed E-state index contributed by atoms with van der Waals surface area (Å²) in [7, 11) is 1.73. The van der Waals surface area contributed by atoms with Crippen molar-refractivity contribution in [1.82, 2.24) is 0 Å². The summed E-state index contributed by atoms with van der Waals surface area (Å²) in [5, 5.41) is 0. The summed E-state index contributed by atoms with van der Waals surface area (Å²) >= 11 is 0. The molecule has 0 unspecified atom stereocenters. The van der Waals surface area contributed by atoms with E-state index in [0.29, 0.717) is 24.3 Å². The average molecular weight is 262 g/mol. The van der Waals surface area contributed by atoms with E-state index in [1.165, 1.54) is 12.1 Å². The molecular formula is C15H16F2N2. The number of anilines is 1. The zero-order chi connectivity index (χ0) is 13.8. The third-order valence-electron chi connectivity index (χ3n) is 3.02. The van der Waals surface area contributed by atoms with Gasteiger partial charge in [-0.15, -0.1) is 0 Å². The quantitative estimate of drug-likeness (QED) is 0.917. The van der Waals surface area contributed by atoms with Crippen molar-refractivity contribution in [3.63, 3.8) is 0 Å². The first-order chi connectivity index (χ1) is 9.11. The molecule has 2 aromatic carbocycles. The monoisotopic (exact) mass is 262 g/mol. The van der Waals surface area contributed by atoms with Gasteiger partial charge in [0.2, 0.25) is 0 Å². The highest BCUT2D eigenvalue weighted by Gasteiger charge is 2.10. The summed E-state index contributed by atoms with van der Waals surface area (Å²) in [4.78, 5) is 1.67. The first-order valence-corrected chi connectivity index (χ1v) is 6.05. The van der Waals surface area contributed by atoms with Crippen LogP contribution in [0.15, 0.2) is 42.5 Å². The molecule has 2 nitrogen and oxygen atoms in total. The number of benzene rings is 2. The van der Waals surface area contributed by atoms with E-state index in [0.717, 1.165) is 5.56 Å². The fourth-order valence-electron chi connectivity index (χ4n) is 1.95. The van der Waals surface area contributed by atoms with Gasteiger partial charge >= 0.3 is 0 Å². The summed E-state index contributed by atoms with van der Waals surface area (Å²) in [5.74, 6) is -0.630. The normalized spacial score (nSPS) is 10.5. The highest BCUT2D eigenvalue weighted by atomic mass is 19.1. The van der Waals surface area contributed by atoms with Gasteiger partial charge < -0.3 is 10.6 Å². The molecule has 0 fully saturated rings. The lowest BCUT2D eigenvalue weighted by atomic mass is 10.1. The van der Waals surface area contributed by atoms with Crippen LogP contribution in [0.1, 0.15) is 11.1 Å². The minimum atomic E-state index is -0.346. The standard InChI is InChI=1S/C15H16F2N2/c1-19(10-12-4-2-3-5-13(12)16)15-7-6-11(9-18)8-14(15)17/h2-8H,9-10,18H2,1H3. The molecule has 2 aromatic rings. The summed E-state index contributed by atoms with van der Waals surface area (Å²) in [6.45, 7) is 0.611. The Morgan fingerprint density at radius 2 is 1.79 bits per heavy atom. The van der Waals surface area contributed by atoms with Crippen molar-refractivity contribution in [3.8, 4) is 0 Å². The van der Waals surface area contributed by atoms with Gasteiger partial charge in [0.05, 0.1) is 5.69 Å². The van der Waals surface area contributed by atoms with Crippen molar-refractivity contribution < 1.29 is 8.78 Å².